The fourth-order valence-corrected chi connectivity index (χ4v) is 3.97. The Kier molecular flexibility index (Phi) is 5.98. The van der Waals surface area contributed by atoms with Crippen molar-refractivity contribution < 1.29 is 23.9 Å². The van der Waals surface area contributed by atoms with Crippen LogP contribution in [0.5, 0.6) is 0 Å². The van der Waals surface area contributed by atoms with Crippen molar-refractivity contribution in [2.75, 3.05) is 6.61 Å². The number of carbonyl (C=O) groups is 3. The van der Waals surface area contributed by atoms with E-state index in [2.05, 4.69) is 6.92 Å². The van der Waals surface area contributed by atoms with Gasteiger partial charge in [-0.1, -0.05) is 50.1 Å². The molecule has 1 unspecified atom stereocenters. The molecular weight excluding hydrogens is 348 g/mol. The SMILES string of the molecule is CC1CCC(C(OC(N)=O)C(=O)N2C(=O)OC[C@@H]2Cc2ccccc2)CC1. The number of nitrogens with two attached hydrogens (primary N) is 1. The average molecular weight is 374 g/mol. The first-order valence-corrected chi connectivity index (χ1v) is 9.45. The van der Waals surface area contributed by atoms with Gasteiger partial charge in [0.15, 0.2) is 6.10 Å². The van der Waals surface area contributed by atoms with Crippen molar-refractivity contribution in [3.8, 4) is 0 Å². The van der Waals surface area contributed by atoms with Gasteiger partial charge in [-0.3, -0.25) is 4.79 Å². The molecule has 1 aromatic rings. The van der Waals surface area contributed by atoms with E-state index in [1.807, 2.05) is 30.3 Å². The van der Waals surface area contributed by atoms with E-state index in [4.69, 9.17) is 15.2 Å². The van der Waals surface area contributed by atoms with Gasteiger partial charge in [0, 0.05) is 5.92 Å². The number of amides is 3. The first-order chi connectivity index (χ1) is 13.0. The minimum Gasteiger partial charge on any atom is -0.447 e. The van der Waals surface area contributed by atoms with E-state index in [1.165, 1.54) is 0 Å². The molecule has 1 heterocycles. The van der Waals surface area contributed by atoms with Gasteiger partial charge in [-0.15, -0.1) is 0 Å². The van der Waals surface area contributed by atoms with Gasteiger partial charge in [0.2, 0.25) is 0 Å². The van der Waals surface area contributed by atoms with Gasteiger partial charge in [0.05, 0.1) is 6.04 Å². The summed E-state index contributed by atoms with van der Waals surface area (Å²) in [7, 11) is 0. The zero-order valence-corrected chi connectivity index (χ0v) is 15.5. The minimum atomic E-state index is -1.04. The number of hydrogen-bond acceptors (Lipinski definition) is 5. The number of nitrogens with zero attached hydrogens (tertiary/aromatic N) is 1. The first-order valence-electron chi connectivity index (χ1n) is 9.45. The fraction of sp³-hybridized carbons (Fsp3) is 0.550. The Labute approximate surface area is 158 Å². The molecule has 146 valence electrons. The van der Waals surface area contributed by atoms with E-state index in [-0.39, 0.29) is 12.5 Å². The summed E-state index contributed by atoms with van der Waals surface area (Å²) >= 11 is 0. The molecule has 2 N–H and O–H groups in total. The third kappa shape index (κ3) is 4.59. The van der Waals surface area contributed by atoms with Crippen molar-refractivity contribution in [1.82, 2.24) is 4.90 Å². The lowest BCUT2D eigenvalue weighted by Crippen LogP contribution is -2.50. The van der Waals surface area contributed by atoms with Crippen LogP contribution in [0.1, 0.15) is 38.2 Å². The molecule has 1 aromatic carbocycles. The quantitative estimate of drug-likeness (QED) is 0.854. The van der Waals surface area contributed by atoms with Crippen molar-refractivity contribution in [2.24, 2.45) is 17.6 Å². The molecule has 27 heavy (non-hydrogen) atoms. The van der Waals surface area contributed by atoms with E-state index in [9.17, 15) is 14.4 Å². The molecule has 0 radical (unpaired) electrons. The predicted molar refractivity (Wildman–Crippen MR) is 97.7 cm³/mol. The van der Waals surface area contributed by atoms with E-state index < -0.39 is 30.2 Å². The molecule has 1 aliphatic heterocycles. The number of cyclic esters (lactones) is 1. The van der Waals surface area contributed by atoms with Gasteiger partial charge in [0.25, 0.3) is 5.91 Å². The standard InChI is InChI=1S/C20H26N2O5/c1-13-7-9-15(10-8-13)17(27-19(21)24)18(23)22-16(12-26-20(22)25)11-14-5-3-2-4-6-14/h2-6,13,15-17H,7-12H2,1H3,(H2,21,24)/t13?,15?,16-,17?/m0/s1. The van der Waals surface area contributed by atoms with Crippen LogP contribution in [0.15, 0.2) is 30.3 Å². The molecule has 2 atom stereocenters. The molecule has 7 heteroatoms. The Morgan fingerprint density at radius 1 is 1.22 bits per heavy atom. The van der Waals surface area contributed by atoms with E-state index in [1.54, 1.807) is 0 Å². The average Bonchev–Trinajstić information content (AvgIpc) is 3.01. The van der Waals surface area contributed by atoms with Gasteiger partial charge < -0.3 is 15.2 Å². The third-order valence-electron chi connectivity index (χ3n) is 5.49. The molecule has 0 bridgehead atoms. The number of carbonyl (C=O) groups excluding carboxylic acids is 3. The lowest BCUT2D eigenvalue weighted by Gasteiger charge is -2.33. The van der Waals surface area contributed by atoms with Crippen LogP contribution in [-0.2, 0) is 20.7 Å². The van der Waals surface area contributed by atoms with Crippen LogP contribution in [0.3, 0.4) is 0 Å². The van der Waals surface area contributed by atoms with Crippen LogP contribution in [0.25, 0.3) is 0 Å². The van der Waals surface area contributed by atoms with Gasteiger partial charge >= 0.3 is 12.2 Å². The zero-order valence-electron chi connectivity index (χ0n) is 15.5. The molecule has 0 aromatic heterocycles. The number of benzene rings is 1. The summed E-state index contributed by atoms with van der Waals surface area (Å²) in [6, 6.07) is 9.16. The van der Waals surface area contributed by atoms with Crippen molar-refractivity contribution >= 4 is 18.1 Å². The third-order valence-corrected chi connectivity index (χ3v) is 5.49. The Morgan fingerprint density at radius 2 is 1.89 bits per heavy atom. The molecule has 1 aliphatic carbocycles. The molecule has 2 fully saturated rings. The Morgan fingerprint density at radius 3 is 2.52 bits per heavy atom. The molecule has 7 nitrogen and oxygen atoms in total. The second-order valence-corrected chi connectivity index (χ2v) is 7.51. The highest BCUT2D eigenvalue weighted by atomic mass is 16.6. The Balaban J connectivity index is 1.77. The zero-order chi connectivity index (χ0) is 19.4. The Hall–Kier alpha value is -2.57. The van der Waals surface area contributed by atoms with Crippen molar-refractivity contribution in [3.05, 3.63) is 35.9 Å². The fourth-order valence-electron chi connectivity index (χ4n) is 3.97. The van der Waals surface area contributed by atoms with Gasteiger partial charge in [0.1, 0.15) is 6.61 Å². The van der Waals surface area contributed by atoms with Crippen LogP contribution in [0, 0.1) is 11.8 Å². The molecular formula is C20H26N2O5. The summed E-state index contributed by atoms with van der Waals surface area (Å²) in [6.45, 7) is 2.29. The topological polar surface area (TPSA) is 98.9 Å². The second-order valence-electron chi connectivity index (χ2n) is 7.51. The monoisotopic (exact) mass is 374 g/mol. The Bertz CT molecular complexity index is 685. The van der Waals surface area contributed by atoms with Crippen molar-refractivity contribution in [1.29, 1.82) is 0 Å². The number of hydrogen-bond donors (Lipinski definition) is 1. The smallest absolute Gasteiger partial charge is 0.417 e. The van der Waals surface area contributed by atoms with Crippen LogP contribution in [0.4, 0.5) is 9.59 Å². The number of rotatable bonds is 5. The summed E-state index contributed by atoms with van der Waals surface area (Å²) in [5, 5.41) is 0. The normalized spacial score (nSPS) is 26.3. The highest BCUT2D eigenvalue weighted by Crippen LogP contribution is 2.33. The molecule has 1 saturated heterocycles. The maximum Gasteiger partial charge on any atom is 0.417 e. The molecule has 1 saturated carbocycles. The summed E-state index contributed by atoms with van der Waals surface area (Å²) in [4.78, 5) is 37.9. The van der Waals surface area contributed by atoms with Crippen molar-refractivity contribution in [3.63, 3.8) is 0 Å². The summed E-state index contributed by atoms with van der Waals surface area (Å²) < 4.78 is 10.3. The van der Waals surface area contributed by atoms with Crippen molar-refractivity contribution in [2.45, 2.75) is 51.2 Å². The van der Waals surface area contributed by atoms with Gasteiger partial charge in [-0.2, -0.15) is 0 Å². The lowest BCUT2D eigenvalue weighted by molar-refractivity contribution is -0.141. The number of imide groups is 1. The maximum atomic E-state index is 13.2. The lowest BCUT2D eigenvalue weighted by atomic mass is 9.79. The van der Waals surface area contributed by atoms with Gasteiger partial charge in [-0.25, -0.2) is 14.5 Å². The van der Waals surface area contributed by atoms with Crippen LogP contribution >= 0.6 is 0 Å². The maximum absolute atomic E-state index is 13.2. The van der Waals surface area contributed by atoms with Crippen LogP contribution in [0.2, 0.25) is 0 Å². The van der Waals surface area contributed by atoms with Crippen LogP contribution in [-0.4, -0.2) is 41.7 Å². The molecule has 0 spiro atoms. The highest BCUT2D eigenvalue weighted by Gasteiger charge is 2.45. The molecule has 3 amide bonds. The largest absolute Gasteiger partial charge is 0.447 e. The number of ether oxygens (including phenoxy) is 2. The van der Waals surface area contributed by atoms with Gasteiger partial charge in [-0.05, 0) is 30.7 Å². The highest BCUT2D eigenvalue weighted by molar-refractivity contribution is 5.97. The number of primary amides is 1. The van der Waals surface area contributed by atoms with E-state index in [0.29, 0.717) is 12.3 Å². The van der Waals surface area contributed by atoms with E-state index >= 15 is 0 Å². The minimum absolute atomic E-state index is 0.129. The van der Waals surface area contributed by atoms with Crippen LogP contribution < -0.4 is 5.73 Å². The second kappa shape index (κ2) is 8.41. The summed E-state index contributed by atoms with van der Waals surface area (Å²) in [5.74, 6) is -0.0862. The molecule has 3 rings (SSSR count). The summed E-state index contributed by atoms with van der Waals surface area (Å²) in [6.07, 6.45) is 1.18. The summed E-state index contributed by atoms with van der Waals surface area (Å²) in [5.41, 5.74) is 6.21. The van der Waals surface area contributed by atoms with E-state index in [0.717, 1.165) is 36.1 Å². The molecule has 2 aliphatic rings. The predicted octanol–water partition coefficient (Wildman–Crippen LogP) is 2.87. The first kappa shape index (κ1) is 19.2.